The maximum absolute atomic E-state index is 12.2. The molecule has 0 spiro atoms. The summed E-state index contributed by atoms with van der Waals surface area (Å²) in [5, 5.41) is 0. The Bertz CT molecular complexity index is 685. The summed E-state index contributed by atoms with van der Waals surface area (Å²) in [6.07, 6.45) is 1.68. The Labute approximate surface area is 123 Å². The van der Waals surface area contributed by atoms with Gasteiger partial charge in [0.15, 0.2) is 0 Å². The summed E-state index contributed by atoms with van der Waals surface area (Å²) in [4.78, 5) is 24.1. The minimum atomic E-state index is -0.391. The first-order valence-electron chi connectivity index (χ1n) is 7.02. The monoisotopic (exact) mass is 280 g/mol. The van der Waals surface area contributed by atoms with E-state index in [0.717, 1.165) is 24.0 Å². The third-order valence-electron chi connectivity index (χ3n) is 3.72. The lowest BCUT2D eigenvalue weighted by atomic mass is 9.98. The van der Waals surface area contributed by atoms with Gasteiger partial charge < -0.3 is 4.74 Å². The summed E-state index contributed by atoms with van der Waals surface area (Å²) in [7, 11) is 1.60. The highest BCUT2D eigenvalue weighted by molar-refractivity contribution is 6.44. The van der Waals surface area contributed by atoms with Crippen molar-refractivity contribution in [3.05, 3.63) is 54.1 Å². The lowest BCUT2D eigenvalue weighted by Gasteiger charge is -2.10. The molecular weight excluding hydrogens is 264 g/mol. The number of benzene rings is 2. The van der Waals surface area contributed by atoms with Crippen LogP contribution >= 0.6 is 0 Å². The van der Waals surface area contributed by atoms with Crippen molar-refractivity contribution in [2.75, 3.05) is 7.11 Å². The third-order valence-corrected chi connectivity index (χ3v) is 3.72. The predicted octanol–water partition coefficient (Wildman–Crippen LogP) is 3.52. The molecule has 1 saturated carbocycles. The van der Waals surface area contributed by atoms with Gasteiger partial charge in [0.2, 0.25) is 11.6 Å². The van der Waals surface area contributed by atoms with Crippen LogP contribution in [-0.2, 0) is 4.79 Å². The smallest absolute Gasteiger partial charge is 0.228 e. The summed E-state index contributed by atoms with van der Waals surface area (Å²) in [6, 6.07) is 14.9. The van der Waals surface area contributed by atoms with Crippen molar-refractivity contribution in [2.45, 2.75) is 12.8 Å². The van der Waals surface area contributed by atoms with Gasteiger partial charge in [-0.2, -0.15) is 0 Å². The maximum Gasteiger partial charge on any atom is 0.228 e. The zero-order valence-corrected chi connectivity index (χ0v) is 11.8. The van der Waals surface area contributed by atoms with E-state index in [-0.39, 0.29) is 11.7 Å². The normalized spacial score (nSPS) is 13.8. The van der Waals surface area contributed by atoms with E-state index in [1.165, 1.54) is 0 Å². The molecule has 2 aromatic rings. The molecule has 0 N–H and O–H groups in total. The van der Waals surface area contributed by atoms with Crippen LogP contribution in [0.2, 0.25) is 0 Å². The first-order valence-corrected chi connectivity index (χ1v) is 7.02. The van der Waals surface area contributed by atoms with Gasteiger partial charge in [0.25, 0.3) is 0 Å². The quantitative estimate of drug-likeness (QED) is 0.621. The predicted molar refractivity (Wildman–Crippen MR) is 80.5 cm³/mol. The average molecular weight is 280 g/mol. The van der Waals surface area contributed by atoms with Gasteiger partial charge in [-0.15, -0.1) is 0 Å². The number of ether oxygens (including phenoxy) is 1. The minimum absolute atomic E-state index is 0.0558. The standard InChI is InChI=1S/C18H16O3/c1-21-16-10-9-14(18(20)17(19)13-7-8-13)11-15(16)12-5-3-2-4-6-12/h2-6,9-11,13H,7-8H2,1H3. The van der Waals surface area contributed by atoms with Crippen molar-refractivity contribution in [3.63, 3.8) is 0 Å². The fraction of sp³-hybridized carbons (Fsp3) is 0.222. The Balaban J connectivity index is 2.00. The molecule has 0 atom stereocenters. The zero-order valence-electron chi connectivity index (χ0n) is 11.8. The van der Waals surface area contributed by atoms with Gasteiger partial charge >= 0.3 is 0 Å². The van der Waals surface area contributed by atoms with Gasteiger partial charge in [-0.1, -0.05) is 30.3 Å². The van der Waals surface area contributed by atoms with Gasteiger partial charge in [0.05, 0.1) is 7.11 Å². The fourth-order valence-electron chi connectivity index (χ4n) is 2.37. The first kappa shape index (κ1) is 13.6. The highest BCUT2D eigenvalue weighted by Gasteiger charge is 2.34. The van der Waals surface area contributed by atoms with E-state index in [2.05, 4.69) is 0 Å². The van der Waals surface area contributed by atoms with Crippen molar-refractivity contribution >= 4 is 11.6 Å². The highest BCUT2D eigenvalue weighted by atomic mass is 16.5. The molecule has 0 heterocycles. The number of carbonyl (C=O) groups is 2. The zero-order chi connectivity index (χ0) is 14.8. The van der Waals surface area contributed by atoms with E-state index in [9.17, 15) is 9.59 Å². The molecule has 0 radical (unpaired) electrons. The van der Waals surface area contributed by atoms with Crippen molar-refractivity contribution in [2.24, 2.45) is 5.92 Å². The first-order chi connectivity index (χ1) is 10.2. The molecule has 0 saturated heterocycles. The van der Waals surface area contributed by atoms with Crippen molar-refractivity contribution in [1.29, 1.82) is 0 Å². The van der Waals surface area contributed by atoms with Crippen molar-refractivity contribution in [3.8, 4) is 16.9 Å². The van der Waals surface area contributed by atoms with Crippen LogP contribution in [0.15, 0.2) is 48.5 Å². The third kappa shape index (κ3) is 2.72. The van der Waals surface area contributed by atoms with Crippen LogP contribution in [0.5, 0.6) is 5.75 Å². The maximum atomic E-state index is 12.2. The van der Waals surface area contributed by atoms with E-state index < -0.39 is 5.78 Å². The van der Waals surface area contributed by atoms with E-state index in [0.29, 0.717) is 11.3 Å². The molecule has 1 aliphatic carbocycles. The second-order valence-corrected chi connectivity index (χ2v) is 5.25. The van der Waals surface area contributed by atoms with Crippen LogP contribution in [0.3, 0.4) is 0 Å². The topological polar surface area (TPSA) is 43.4 Å². The second-order valence-electron chi connectivity index (χ2n) is 5.25. The molecule has 0 aliphatic heterocycles. The average Bonchev–Trinajstić information content (AvgIpc) is 3.38. The van der Waals surface area contributed by atoms with Crippen LogP contribution in [0.25, 0.3) is 11.1 Å². The van der Waals surface area contributed by atoms with Gasteiger partial charge in [-0.3, -0.25) is 9.59 Å². The molecule has 1 aliphatic rings. The van der Waals surface area contributed by atoms with Gasteiger partial charge in [-0.05, 0) is 36.6 Å². The highest BCUT2D eigenvalue weighted by Crippen LogP contribution is 2.33. The van der Waals surface area contributed by atoms with E-state index in [1.54, 1.807) is 25.3 Å². The van der Waals surface area contributed by atoms with E-state index >= 15 is 0 Å². The summed E-state index contributed by atoms with van der Waals surface area (Å²) in [5.41, 5.74) is 2.22. The van der Waals surface area contributed by atoms with E-state index in [4.69, 9.17) is 4.74 Å². The molecule has 1 fully saturated rings. The van der Waals surface area contributed by atoms with Crippen LogP contribution in [0, 0.1) is 5.92 Å². The molecule has 2 aromatic carbocycles. The number of rotatable bonds is 5. The Morgan fingerprint density at radius 2 is 1.76 bits per heavy atom. The van der Waals surface area contributed by atoms with Gasteiger partial charge in [0, 0.05) is 17.0 Å². The Morgan fingerprint density at radius 3 is 2.38 bits per heavy atom. The molecule has 21 heavy (non-hydrogen) atoms. The van der Waals surface area contributed by atoms with Crippen molar-refractivity contribution < 1.29 is 14.3 Å². The number of methoxy groups -OCH3 is 1. The number of hydrogen-bond acceptors (Lipinski definition) is 3. The molecular formula is C18H16O3. The molecule has 0 bridgehead atoms. The summed E-state index contributed by atoms with van der Waals surface area (Å²) < 4.78 is 5.36. The molecule has 3 heteroatoms. The summed E-state index contributed by atoms with van der Waals surface area (Å²) in [6.45, 7) is 0. The Morgan fingerprint density at radius 1 is 1.05 bits per heavy atom. The number of hydrogen-bond donors (Lipinski definition) is 0. The Hall–Kier alpha value is -2.42. The second kappa shape index (κ2) is 5.52. The van der Waals surface area contributed by atoms with Crippen LogP contribution < -0.4 is 4.74 Å². The SMILES string of the molecule is COc1ccc(C(=O)C(=O)C2CC2)cc1-c1ccccc1. The molecule has 3 nitrogen and oxygen atoms in total. The summed E-state index contributed by atoms with van der Waals surface area (Å²) >= 11 is 0. The molecule has 0 amide bonds. The summed E-state index contributed by atoms with van der Waals surface area (Å²) in [5.74, 6) is -0.0205. The van der Waals surface area contributed by atoms with Crippen molar-refractivity contribution in [1.82, 2.24) is 0 Å². The number of ketones is 2. The largest absolute Gasteiger partial charge is 0.496 e. The lowest BCUT2D eigenvalue weighted by molar-refractivity contribution is -0.116. The van der Waals surface area contributed by atoms with Crippen LogP contribution in [0.1, 0.15) is 23.2 Å². The molecule has 106 valence electrons. The molecule has 0 unspecified atom stereocenters. The molecule has 3 rings (SSSR count). The number of carbonyl (C=O) groups excluding carboxylic acids is 2. The number of Topliss-reactive ketones (excluding diaryl/α,β-unsaturated/α-hetero) is 2. The molecule has 0 aromatic heterocycles. The lowest BCUT2D eigenvalue weighted by Crippen LogP contribution is -2.16. The van der Waals surface area contributed by atoms with Gasteiger partial charge in [-0.25, -0.2) is 0 Å². The van der Waals surface area contributed by atoms with E-state index in [1.807, 2.05) is 30.3 Å². The van der Waals surface area contributed by atoms with Gasteiger partial charge in [0.1, 0.15) is 5.75 Å². The minimum Gasteiger partial charge on any atom is -0.496 e. The van der Waals surface area contributed by atoms with Crippen LogP contribution in [0.4, 0.5) is 0 Å². The Kier molecular flexibility index (Phi) is 3.57. The fourth-order valence-corrected chi connectivity index (χ4v) is 2.37. The van der Waals surface area contributed by atoms with Crippen LogP contribution in [-0.4, -0.2) is 18.7 Å².